The van der Waals surface area contributed by atoms with E-state index in [0.29, 0.717) is 30.4 Å². The quantitative estimate of drug-likeness (QED) is 0.565. The number of esters is 1. The second-order valence-corrected chi connectivity index (χ2v) is 6.22. The first kappa shape index (κ1) is 19.6. The number of carbonyl (C=O) groups is 1. The molecule has 3 rings (SSSR count). The molecule has 0 saturated carbocycles. The van der Waals surface area contributed by atoms with Gasteiger partial charge in [0.1, 0.15) is 11.4 Å². The van der Waals surface area contributed by atoms with E-state index in [1.54, 1.807) is 21.1 Å². The Morgan fingerprint density at radius 2 is 1.79 bits per heavy atom. The first-order chi connectivity index (χ1) is 13.6. The normalized spacial score (nSPS) is 10.7. The average Bonchev–Trinajstić information content (AvgIpc) is 3.10. The maximum absolute atomic E-state index is 12.6. The molecule has 6 nitrogen and oxygen atoms in total. The average molecular weight is 383 g/mol. The number of benzene rings is 2. The molecular weight excluding hydrogens is 358 g/mol. The Kier molecular flexibility index (Phi) is 6.09. The maximum atomic E-state index is 12.6. The minimum Gasteiger partial charge on any atom is -0.494 e. The van der Waals surface area contributed by atoms with Crippen LogP contribution in [0.1, 0.15) is 30.8 Å². The van der Waals surface area contributed by atoms with Crippen LogP contribution in [0, 0.1) is 0 Å². The second kappa shape index (κ2) is 8.69. The molecule has 3 aromatic rings. The molecule has 0 aliphatic heterocycles. The number of fused-ring (bicyclic) bond motifs is 1. The summed E-state index contributed by atoms with van der Waals surface area (Å²) < 4.78 is 21.8. The van der Waals surface area contributed by atoms with Gasteiger partial charge in [-0.25, -0.2) is 4.79 Å². The van der Waals surface area contributed by atoms with Gasteiger partial charge in [0.25, 0.3) is 0 Å². The Hall–Kier alpha value is -3.15. The van der Waals surface area contributed by atoms with Gasteiger partial charge in [0.05, 0.1) is 27.4 Å². The van der Waals surface area contributed by atoms with Crippen molar-refractivity contribution in [1.29, 1.82) is 0 Å². The van der Waals surface area contributed by atoms with Gasteiger partial charge in [0.2, 0.25) is 0 Å². The van der Waals surface area contributed by atoms with Gasteiger partial charge in [-0.15, -0.1) is 0 Å². The molecule has 1 N–H and O–H groups in total. The van der Waals surface area contributed by atoms with E-state index >= 15 is 0 Å². The van der Waals surface area contributed by atoms with Crippen LogP contribution >= 0.6 is 0 Å². The van der Waals surface area contributed by atoms with Crippen molar-refractivity contribution < 1.29 is 23.7 Å². The van der Waals surface area contributed by atoms with Gasteiger partial charge in [-0.3, -0.25) is 0 Å². The number of carbonyl (C=O) groups excluding carboxylic acids is 1. The summed E-state index contributed by atoms with van der Waals surface area (Å²) in [7, 11) is 3.17. The molecule has 0 amide bonds. The van der Waals surface area contributed by atoms with Crippen LogP contribution in [0.4, 0.5) is 0 Å². The number of methoxy groups -OCH3 is 2. The first-order valence-corrected chi connectivity index (χ1v) is 9.30. The third kappa shape index (κ3) is 3.76. The number of H-pyrrole nitrogens is 1. The van der Waals surface area contributed by atoms with Gasteiger partial charge in [0.15, 0.2) is 11.5 Å². The van der Waals surface area contributed by atoms with Crippen molar-refractivity contribution >= 4 is 16.9 Å². The van der Waals surface area contributed by atoms with Crippen molar-refractivity contribution in [1.82, 2.24) is 4.98 Å². The summed E-state index contributed by atoms with van der Waals surface area (Å²) in [6, 6.07) is 11.3. The van der Waals surface area contributed by atoms with Crippen LogP contribution < -0.4 is 14.2 Å². The molecule has 0 unspecified atom stereocenters. The van der Waals surface area contributed by atoms with E-state index in [2.05, 4.69) is 11.9 Å². The van der Waals surface area contributed by atoms with E-state index in [9.17, 15) is 4.79 Å². The molecule has 6 heteroatoms. The molecule has 0 spiro atoms. The molecule has 1 aromatic heterocycles. The van der Waals surface area contributed by atoms with Crippen molar-refractivity contribution in [2.24, 2.45) is 0 Å². The third-order valence-corrected chi connectivity index (χ3v) is 4.39. The summed E-state index contributed by atoms with van der Waals surface area (Å²) in [5.41, 5.74) is 2.80. The highest BCUT2D eigenvalue weighted by molar-refractivity contribution is 6.08. The smallest absolute Gasteiger partial charge is 0.355 e. The number of hydrogen-bond acceptors (Lipinski definition) is 5. The van der Waals surface area contributed by atoms with Crippen LogP contribution in [-0.2, 0) is 4.74 Å². The van der Waals surface area contributed by atoms with Crippen LogP contribution in [0.3, 0.4) is 0 Å². The second-order valence-electron chi connectivity index (χ2n) is 6.22. The number of aromatic nitrogens is 1. The lowest BCUT2D eigenvalue weighted by Gasteiger charge is -2.11. The van der Waals surface area contributed by atoms with Crippen molar-refractivity contribution in [3.8, 4) is 28.4 Å². The highest BCUT2D eigenvalue weighted by Crippen LogP contribution is 2.39. The predicted molar refractivity (Wildman–Crippen MR) is 109 cm³/mol. The number of hydrogen-bond donors (Lipinski definition) is 1. The summed E-state index contributed by atoms with van der Waals surface area (Å²) in [4.78, 5) is 15.8. The van der Waals surface area contributed by atoms with E-state index in [-0.39, 0.29) is 0 Å². The SMILES string of the molecule is CCCOc1ccc2[nH]c(C(=O)OCC)c(-c3ccc(OC)c(OC)c3)c2c1. The molecule has 0 aliphatic rings. The summed E-state index contributed by atoms with van der Waals surface area (Å²) in [6.45, 7) is 4.77. The number of nitrogens with one attached hydrogen (secondary N) is 1. The minimum atomic E-state index is -0.403. The van der Waals surface area contributed by atoms with E-state index in [1.807, 2.05) is 36.4 Å². The van der Waals surface area contributed by atoms with Crippen molar-refractivity contribution in [3.63, 3.8) is 0 Å². The Morgan fingerprint density at radius 3 is 2.46 bits per heavy atom. The standard InChI is InChI=1S/C22H25NO5/c1-5-11-28-15-8-9-17-16(13-15)20(21(23-17)22(24)27-6-2)14-7-10-18(25-3)19(12-14)26-4/h7-10,12-13,23H,5-6,11H2,1-4H3. The Labute approximate surface area is 164 Å². The highest BCUT2D eigenvalue weighted by Gasteiger charge is 2.22. The zero-order valence-corrected chi connectivity index (χ0v) is 16.6. The van der Waals surface area contributed by atoms with Gasteiger partial charge in [0, 0.05) is 16.5 Å². The number of rotatable bonds is 8. The van der Waals surface area contributed by atoms with Crippen LogP contribution in [0.15, 0.2) is 36.4 Å². The lowest BCUT2D eigenvalue weighted by molar-refractivity contribution is 0.0521. The van der Waals surface area contributed by atoms with Crippen LogP contribution in [0.25, 0.3) is 22.0 Å². The summed E-state index contributed by atoms with van der Waals surface area (Å²) >= 11 is 0. The maximum Gasteiger partial charge on any atom is 0.355 e. The fraction of sp³-hybridized carbons (Fsp3) is 0.318. The fourth-order valence-corrected chi connectivity index (χ4v) is 3.13. The fourth-order valence-electron chi connectivity index (χ4n) is 3.13. The summed E-state index contributed by atoms with van der Waals surface area (Å²) in [5.74, 6) is 1.56. The monoisotopic (exact) mass is 383 g/mol. The highest BCUT2D eigenvalue weighted by atomic mass is 16.5. The third-order valence-electron chi connectivity index (χ3n) is 4.39. The van der Waals surface area contributed by atoms with Crippen LogP contribution in [-0.4, -0.2) is 38.4 Å². The lowest BCUT2D eigenvalue weighted by Crippen LogP contribution is -2.06. The molecule has 0 aliphatic carbocycles. The molecule has 0 fully saturated rings. The molecular formula is C22H25NO5. The van der Waals surface area contributed by atoms with Crippen molar-refractivity contribution in [2.45, 2.75) is 20.3 Å². The largest absolute Gasteiger partial charge is 0.494 e. The summed E-state index contributed by atoms with van der Waals surface area (Å²) in [5, 5.41) is 0.879. The lowest BCUT2D eigenvalue weighted by atomic mass is 10.0. The molecule has 148 valence electrons. The molecule has 0 saturated heterocycles. The Morgan fingerprint density at radius 1 is 1.00 bits per heavy atom. The Balaban J connectivity index is 2.21. The van der Waals surface area contributed by atoms with Gasteiger partial charge in [-0.05, 0) is 49.2 Å². The number of aromatic amines is 1. The number of ether oxygens (including phenoxy) is 4. The molecule has 2 aromatic carbocycles. The van der Waals surface area contributed by atoms with Crippen LogP contribution in [0.5, 0.6) is 17.2 Å². The zero-order valence-electron chi connectivity index (χ0n) is 16.6. The minimum absolute atomic E-state index is 0.296. The molecule has 28 heavy (non-hydrogen) atoms. The van der Waals surface area contributed by atoms with E-state index in [0.717, 1.165) is 34.2 Å². The van der Waals surface area contributed by atoms with Gasteiger partial charge >= 0.3 is 5.97 Å². The van der Waals surface area contributed by atoms with E-state index < -0.39 is 5.97 Å². The Bertz CT molecular complexity index is 976. The van der Waals surface area contributed by atoms with E-state index in [1.165, 1.54) is 0 Å². The van der Waals surface area contributed by atoms with Gasteiger partial charge in [-0.2, -0.15) is 0 Å². The molecule has 0 radical (unpaired) electrons. The molecule has 0 atom stereocenters. The molecule has 0 bridgehead atoms. The zero-order chi connectivity index (χ0) is 20.1. The topological polar surface area (TPSA) is 69.8 Å². The summed E-state index contributed by atoms with van der Waals surface area (Å²) in [6.07, 6.45) is 0.918. The predicted octanol–water partition coefficient (Wildman–Crippen LogP) is 4.82. The molecule has 1 heterocycles. The first-order valence-electron chi connectivity index (χ1n) is 9.30. The van der Waals surface area contributed by atoms with Crippen LogP contribution in [0.2, 0.25) is 0 Å². The van der Waals surface area contributed by atoms with Crippen molar-refractivity contribution in [2.75, 3.05) is 27.4 Å². The van der Waals surface area contributed by atoms with Gasteiger partial charge < -0.3 is 23.9 Å². The van der Waals surface area contributed by atoms with Crippen molar-refractivity contribution in [3.05, 3.63) is 42.1 Å². The van der Waals surface area contributed by atoms with Gasteiger partial charge in [-0.1, -0.05) is 13.0 Å². The van der Waals surface area contributed by atoms with E-state index in [4.69, 9.17) is 18.9 Å².